The Morgan fingerprint density at radius 1 is 1.44 bits per heavy atom. The highest BCUT2D eigenvalue weighted by Gasteiger charge is 2.01. The van der Waals surface area contributed by atoms with Gasteiger partial charge in [0, 0.05) is 0 Å². The van der Waals surface area contributed by atoms with E-state index in [-0.39, 0.29) is 12.2 Å². The molecular weight excluding hydrogens is 434 g/mol. The average molecular weight is 448 g/mol. The summed E-state index contributed by atoms with van der Waals surface area (Å²) in [7, 11) is 0. The average Bonchev–Trinajstić information content (AvgIpc) is 2.09. The van der Waals surface area contributed by atoms with Crippen molar-refractivity contribution in [3.05, 3.63) is 29.3 Å². The molecule has 0 amide bonds. The number of carbonyl (C=O) groups is 1. The molecule has 0 spiro atoms. The van der Waals surface area contributed by atoms with Gasteiger partial charge in [0.15, 0.2) is 0 Å². The Kier molecular flexibility index (Phi) is 8.08. The normalized spacial score (nSPS) is 9.56. The van der Waals surface area contributed by atoms with E-state index in [0.717, 1.165) is 1.93 Å². The Morgan fingerprint density at radius 3 is 2.31 bits per heavy atom. The topological polar surface area (TPSA) is 57.5 Å². The maximum atomic E-state index is 10.3. The molecule has 90 valence electrons. The summed E-state index contributed by atoms with van der Waals surface area (Å²) >= 11 is 4.66. The van der Waals surface area contributed by atoms with Gasteiger partial charge in [0.05, 0.1) is 8.35 Å². The molecule has 0 unspecified atom stereocenters. The van der Waals surface area contributed by atoms with Crippen LogP contribution in [0.4, 0.5) is 0 Å². The van der Waals surface area contributed by atoms with E-state index < -0.39 is 5.97 Å². The van der Waals surface area contributed by atoms with E-state index in [9.17, 15) is 4.79 Å². The summed E-state index contributed by atoms with van der Waals surface area (Å²) in [5.74, 6) is -0.663. The van der Waals surface area contributed by atoms with Crippen molar-refractivity contribution in [2.24, 2.45) is 0 Å². The minimum Gasteiger partial charge on any atom is -0.508 e. The Balaban J connectivity index is 0.000000487. The smallest absolute Gasteiger partial charge is 0.307 e. The lowest BCUT2D eigenvalue weighted by atomic mass is 10.1. The maximum absolute atomic E-state index is 10.3. The molecule has 0 aliphatic carbocycles. The van der Waals surface area contributed by atoms with Gasteiger partial charge in [-0.05, 0) is 31.0 Å². The molecule has 0 bridgehead atoms. The van der Waals surface area contributed by atoms with E-state index in [0.29, 0.717) is 11.1 Å². The number of benzene rings is 1. The van der Waals surface area contributed by atoms with Gasteiger partial charge in [-0.1, -0.05) is 57.3 Å². The molecule has 0 aliphatic rings. The third-order valence-electron chi connectivity index (χ3n) is 1.62. The Labute approximate surface area is 123 Å². The van der Waals surface area contributed by atoms with Gasteiger partial charge in [0.1, 0.15) is 5.75 Å². The Morgan fingerprint density at radius 2 is 1.94 bits per heavy atom. The van der Waals surface area contributed by atoms with Crippen LogP contribution in [0.25, 0.3) is 0 Å². The van der Waals surface area contributed by atoms with Crippen molar-refractivity contribution in [3.63, 3.8) is 0 Å². The van der Waals surface area contributed by atoms with Crippen LogP contribution in [0, 0.1) is 6.92 Å². The van der Waals surface area contributed by atoms with Gasteiger partial charge in [-0.2, -0.15) is 0 Å². The molecule has 1 aromatic rings. The number of alkyl halides is 2. The Hall–Kier alpha value is -0.0500. The molecule has 0 atom stereocenters. The zero-order valence-corrected chi connectivity index (χ0v) is 13.4. The van der Waals surface area contributed by atoms with Gasteiger partial charge in [-0.15, -0.1) is 0 Å². The van der Waals surface area contributed by atoms with E-state index in [1.54, 1.807) is 19.1 Å². The van der Waals surface area contributed by atoms with Crippen LogP contribution in [0.2, 0.25) is 0 Å². The van der Waals surface area contributed by atoms with Gasteiger partial charge in [-0.3, -0.25) is 4.79 Å². The summed E-state index contributed by atoms with van der Waals surface area (Å²) in [6.45, 7) is 3.88. The minimum atomic E-state index is -0.861. The van der Waals surface area contributed by atoms with Gasteiger partial charge in [-0.25, -0.2) is 0 Å². The lowest BCUT2D eigenvalue weighted by molar-refractivity contribution is -0.136. The number of aliphatic carboxylic acids is 1. The van der Waals surface area contributed by atoms with Gasteiger partial charge < -0.3 is 10.2 Å². The van der Waals surface area contributed by atoms with Crippen molar-refractivity contribution < 1.29 is 15.0 Å². The SMILES string of the molecule is CC(I)I.Cc1cc(CC(=O)O)ccc1O. The van der Waals surface area contributed by atoms with Crippen molar-refractivity contribution in [3.8, 4) is 5.75 Å². The monoisotopic (exact) mass is 448 g/mol. The summed E-state index contributed by atoms with van der Waals surface area (Å²) in [4.78, 5) is 10.3. The molecule has 0 saturated carbocycles. The second-order valence-electron chi connectivity index (χ2n) is 3.21. The number of phenolic OH excluding ortho intramolecular Hbond substituents is 1. The number of hydrogen-bond donors (Lipinski definition) is 2. The first-order valence-corrected chi connectivity index (χ1v) is 7.10. The van der Waals surface area contributed by atoms with Crippen molar-refractivity contribution in [1.29, 1.82) is 0 Å². The summed E-state index contributed by atoms with van der Waals surface area (Å²) < 4.78 is 0.773. The number of carboxylic acids is 1. The van der Waals surface area contributed by atoms with Crippen molar-refractivity contribution in [1.82, 2.24) is 0 Å². The first kappa shape index (κ1) is 16.0. The van der Waals surface area contributed by atoms with Crippen molar-refractivity contribution >= 4 is 51.2 Å². The number of hydrogen-bond acceptors (Lipinski definition) is 2. The third kappa shape index (κ3) is 8.14. The highest BCUT2D eigenvalue weighted by Crippen LogP contribution is 2.16. The summed E-state index contributed by atoms with van der Waals surface area (Å²) in [6.07, 6.45) is 0.00111. The summed E-state index contributed by atoms with van der Waals surface area (Å²) in [6, 6.07) is 4.79. The largest absolute Gasteiger partial charge is 0.508 e. The number of aromatic hydroxyl groups is 1. The van der Waals surface area contributed by atoms with Crippen LogP contribution in [-0.4, -0.2) is 18.1 Å². The first-order valence-electron chi connectivity index (χ1n) is 4.61. The molecule has 0 saturated heterocycles. The van der Waals surface area contributed by atoms with Crippen molar-refractivity contribution in [2.75, 3.05) is 0 Å². The quantitative estimate of drug-likeness (QED) is 0.538. The van der Waals surface area contributed by atoms with Gasteiger partial charge >= 0.3 is 5.97 Å². The first-order chi connectivity index (χ1) is 7.32. The highest BCUT2D eigenvalue weighted by molar-refractivity contribution is 14.2. The fourth-order valence-electron chi connectivity index (χ4n) is 1.00. The number of aryl methyl sites for hydroxylation is 1. The lowest BCUT2D eigenvalue weighted by Gasteiger charge is -2.00. The molecule has 0 aliphatic heterocycles. The standard InChI is InChI=1S/C9H10O3.C2H4I2/c1-6-4-7(5-9(11)12)2-3-8(6)10;1-2(3)4/h2-4,10H,5H2,1H3,(H,11,12);2H,1H3. The number of phenols is 1. The Bertz CT molecular complexity index is 348. The fourth-order valence-corrected chi connectivity index (χ4v) is 1.00. The van der Waals surface area contributed by atoms with Gasteiger partial charge in [0.2, 0.25) is 0 Å². The number of halogens is 2. The minimum absolute atomic E-state index is 0.00111. The number of carboxylic acid groups (broad SMARTS) is 1. The molecular formula is C11H14I2O3. The van der Waals surface area contributed by atoms with Crippen LogP contribution in [0.1, 0.15) is 18.1 Å². The maximum Gasteiger partial charge on any atom is 0.307 e. The van der Waals surface area contributed by atoms with E-state index in [1.807, 2.05) is 0 Å². The van der Waals surface area contributed by atoms with Crippen LogP contribution in [0.3, 0.4) is 0 Å². The molecule has 5 heteroatoms. The molecule has 1 rings (SSSR count). The summed E-state index contributed by atoms with van der Waals surface area (Å²) in [5, 5.41) is 17.6. The molecule has 0 aromatic heterocycles. The van der Waals surface area contributed by atoms with Crippen LogP contribution in [0.15, 0.2) is 18.2 Å². The zero-order chi connectivity index (χ0) is 12.7. The predicted molar refractivity (Wildman–Crippen MR) is 81.7 cm³/mol. The fraction of sp³-hybridized carbons (Fsp3) is 0.364. The van der Waals surface area contributed by atoms with Crippen LogP contribution in [0.5, 0.6) is 5.75 Å². The second-order valence-corrected chi connectivity index (χ2v) is 9.33. The molecule has 0 fully saturated rings. The van der Waals surface area contributed by atoms with Crippen LogP contribution < -0.4 is 0 Å². The molecule has 1 aromatic carbocycles. The molecule has 16 heavy (non-hydrogen) atoms. The lowest BCUT2D eigenvalue weighted by Crippen LogP contribution is -1.99. The molecule has 0 heterocycles. The second kappa shape index (κ2) is 8.10. The van der Waals surface area contributed by atoms with E-state index in [2.05, 4.69) is 52.1 Å². The predicted octanol–water partition coefficient (Wildman–Crippen LogP) is 3.53. The van der Waals surface area contributed by atoms with E-state index in [4.69, 9.17) is 10.2 Å². The molecule has 2 N–H and O–H groups in total. The van der Waals surface area contributed by atoms with E-state index in [1.165, 1.54) is 6.07 Å². The number of rotatable bonds is 2. The molecule has 3 nitrogen and oxygen atoms in total. The van der Waals surface area contributed by atoms with Crippen LogP contribution >= 0.6 is 45.2 Å². The van der Waals surface area contributed by atoms with Crippen LogP contribution in [-0.2, 0) is 11.2 Å². The third-order valence-corrected chi connectivity index (χ3v) is 1.62. The van der Waals surface area contributed by atoms with Crippen molar-refractivity contribution in [2.45, 2.75) is 22.2 Å². The van der Waals surface area contributed by atoms with Gasteiger partial charge in [0.25, 0.3) is 0 Å². The highest BCUT2D eigenvalue weighted by atomic mass is 127. The zero-order valence-electron chi connectivity index (χ0n) is 9.08. The van der Waals surface area contributed by atoms with E-state index >= 15 is 0 Å². The molecule has 0 radical (unpaired) electrons. The summed E-state index contributed by atoms with van der Waals surface area (Å²) in [5.41, 5.74) is 1.41.